The predicted octanol–water partition coefficient (Wildman–Crippen LogP) is 1.06. The second kappa shape index (κ2) is 7.40. The number of piperidine rings is 1. The largest absolute Gasteiger partial charge is 0.356 e. The fourth-order valence-corrected chi connectivity index (χ4v) is 3.84. The highest BCUT2D eigenvalue weighted by atomic mass is 32.1. The van der Waals surface area contributed by atoms with Gasteiger partial charge < -0.3 is 5.32 Å². The molecule has 0 aromatic carbocycles. The van der Waals surface area contributed by atoms with Crippen molar-refractivity contribution >= 4 is 22.2 Å². The van der Waals surface area contributed by atoms with E-state index >= 15 is 0 Å². The smallest absolute Gasteiger partial charge is 0.275 e. The van der Waals surface area contributed by atoms with Gasteiger partial charge in [0.2, 0.25) is 10.9 Å². The van der Waals surface area contributed by atoms with E-state index < -0.39 is 0 Å². The van der Waals surface area contributed by atoms with Gasteiger partial charge >= 0.3 is 0 Å². The molecule has 8 heteroatoms. The van der Waals surface area contributed by atoms with E-state index in [1.807, 2.05) is 6.92 Å². The number of aryl methyl sites for hydroxylation is 1. The number of carbonyl (C=O) groups is 1. The standard InChI is InChI=1S/C16H23N5O2S/c1-3-14-19-21-15(23)8-13(18-16(21)24-14)10-20-6-4-12(5-7-20)9-17-11(2)22/h8,12H,3-7,9-10H2,1-2H3,(H,17,22). The molecule has 0 aliphatic carbocycles. The van der Waals surface area contributed by atoms with Crippen LogP contribution in [0.5, 0.6) is 0 Å². The molecule has 0 saturated carbocycles. The summed E-state index contributed by atoms with van der Waals surface area (Å²) in [6.45, 7) is 6.96. The fourth-order valence-electron chi connectivity index (χ4n) is 2.99. The maximum Gasteiger partial charge on any atom is 0.275 e. The van der Waals surface area contributed by atoms with Crippen molar-refractivity contribution in [1.29, 1.82) is 0 Å². The SMILES string of the molecule is CCc1nn2c(=O)cc(CN3CCC(CNC(C)=O)CC3)nc2s1. The fraction of sp³-hybridized carbons (Fsp3) is 0.625. The minimum atomic E-state index is -0.105. The van der Waals surface area contributed by atoms with Crippen LogP contribution in [-0.2, 0) is 17.8 Å². The Morgan fingerprint density at radius 3 is 2.83 bits per heavy atom. The van der Waals surface area contributed by atoms with Gasteiger partial charge in [-0.15, -0.1) is 0 Å². The molecule has 0 radical (unpaired) electrons. The Bertz CT molecular complexity index is 776. The minimum Gasteiger partial charge on any atom is -0.356 e. The van der Waals surface area contributed by atoms with E-state index in [-0.39, 0.29) is 11.5 Å². The molecular formula is C16H23N5O2S. The molecule has 2 aromatic rings. The molecule has 1 N–H and O–H groups in total. The highest BCUT2D eigenvalue weighted by molar-refractivity contribution is 7.16. The lowest BCUT2D eigenvalue weighted by Gasteiger charge is -2.31. The molecule has 2 aromatic heterocycles. The highest BCUT2D eigenvalue weighted by Gasteiger charge is 2.20. The van der Waals surface area contributed by atoms with Crippen LogP contribution in [0.15, 0.2) is 10.9 Å². The third-order valence-corrected chi connectivity index (χ3v) is 5.43. The zero-order valence-corrected chi connectivity index (χ0v) is 14.9. The normalized spacial score (nSPS) is 16.6. The molecule has 0 spiro atoms. The molecule has 130 valence electrons. The first kappa shape index (κ1) is 17.0. The summed E-state index contributed by atoms with van der Waals surface area (Å²) in [5.74, 6) is 0.575. The lowest BCUT2D eigenvalue weighted by Crippen LogP contribution is -2.38. The van der Waals surface area contributed by atoms with Crippen molar-refractivity contribution in [2.45, 2.75) is 39.7 Å². The third kappa shape index (κ3) is 3.99. The van der Waals surface area contributed by atoms with Crippen molar-refractivity contribution < 1.29 is 4.79 Å². The number of fused-ring (bicyclic) bond motifs is 1. The van der Waals surface area contributed by atoms with Gasteiger partial charge in [-0.05, 0) is 38.3 Å². The summed E-state index contributed by atoms with van der Waals surface area (Å²) in [5, 5.41) is 8.10. The Balaban J connectivity index is 1.62. The van der Waals surface area contributed by atoms with Crippen LogP contribution < -0.4 is 10.9 Å². The third-order valence-electron chi connectivity index (χ3n) is 4.37. The van der Waals surface area contributed by atoms with Crippen molar-refractivity contribution in [3.05, 3.63) is 27.1 Å². The summed E-state index contributed by atoms with van der Waals surface area (Å²) in [5.41, 5.74) is 0.707. The summed E-state index contributed by atoms with van der Waals surface area (Å²) in [6, 6.07) is 1.59. The van der Waals surface area contributed by atoms with Crippen LogP contribution in [0.1, 0.15) is 37.4 Å². The molecule has 1 saturated heterocycles. The Kier molecular flexibility index (Phi) is 5.25. The van der Waals surface area contributed by atoms with Gasteiger partial charge in [0.15, 0.2) is 0 Å². The molecule has 3 heterocycles. The van der Waals surface area contributed by atoms with Crippen LogP contribution in [0, 0.1) is 5.92 Å². The van der Waals surface area contributed by atoms with Crippen molar-refractivity contribution in [3.8, 4) is 0 Å². The minimum absolute atomic E-state index is 0.0337. The monoisotopic (exact) mass is 349 g/mol. The topological polar surface area (TPSA) is 79.6 Å². The second-order valence-corrected chi connectivity index (χ2v) is 7.33. The van der Waals surface area contributed by atoms with Crippen LogP contribution in [-0.4, -0.2) is 45.0 Å². The van der Waals surface area contributed by atoms with Crippen molar-refractivity contribution in [1.82, 2.24) is 24.8 Å². The number of amides is 1. The van der Waals surface area contributed by atoms with Gasteiger partial charge in [0.1, 0.15) is 5.01 Å². The Hall–Kier alpha value is -1.80. The van der Waals surface area contributed by atoms with Crippen molar-refractivity contribution in [3.63, 3.8) is 0 Å². The molecule has 7 nitrogen and oxygen atoms in total. The molecular weight excluding hydrogens is 326 g/mol. The zero-order chi connectivity index (χ0) is 17.1. The molecule has 3 rings (SSSR count). The molecule has 0 bridgehead atoms. The van der Waals surface area contributed by atoms with E-state index in [4.69, 9.17) is 0 Å². The number of hydrogen-bond acceptors (Lipinski definition) is 6. The number of likely N-dealkylation sites (tertiary alicyclic amines) is 1. The van der Waals surface area contributed by atoms with Gasteiger partial charge in [0.25, 0.3) is 5.56 Å². The van der Waals surface area contributed by atoms with Crippen molar-refractivity contribution in [2.75, 3.05) is 19.6 Å². The van der Waals surface area contributed by atoms with Gasteiger partial charge in [-0.3, -0.25) is 14.5 Å². The molecule has 0 unspecified atom stereocenters. The van der Waals surface area contributed by atoms with Crippen LogP contribution in [0.4, 0.5) is 0 Å². The summed E-state index contributed by atoms with van der Waals surface area (Å²) in [6.07, 6.45) is 2.93. The van der Waals surface area contributed by atoms with E-state index in [1.165, 1.54) is 15.9 Å². The highest BCUT2D eigenvalue weighted by Crippen LogP contribution is 2.18. The van der Waals surface area contributed by atoms with Crippen molar-refractivity contribution in [2.24, 2.45) is 5.92 Å². The number of rotatable bonds is 5. The quantitative estimate of drug-likeness (QED) is 0.873. The lowest BCUT2D eigenvalue weighted by atomic mass is 9.96. The lowest BCUT2D eigenvalue weighted by molar-refractivity contribution is -0.119. The van der Waals surface area contributed by atoms with Gasteiger partial charge in [-0.25, -0.2) is 4.98 Å². The van der Waals surface area contributed by atoms with E-state index in [9.17, 15) is 9.59 Å². The van der Waals surface area contributed by atoms with E-state index in [0.717, 1.165) is 49.6 Å². The average Bonchev–Trinajstić information content (AvgIpc) is 2.98. The first-order valence-electron chi connectivity index (χ1n) is 8.40. The summed E-state index contributed by atoms with van der Waals surface area (Å²) in [4.78, 5) is 30.8. The van der Waals surface area contributed by atoms with Gasteiger partial charge in [-0.2, -0.15) is 9.61 Å². The van der Waals surface area contributed by atoms with E-state index in [0.29, 0.717) is 17.4 Å². The zero-order valence-electron chi connectivity index (χ0n) is 14.1. The number of aromatic nitrogens is 3. The number of carbonyl (C=O) groups excluding carboxylic acids is 1. The molecule has 1 amide bonds. The van der Waals surface area contributed by atoms with E-state index in [2.05, 4.69) is 20.3 Å². The maximum absolute atomic E-state index is 12.2. The van der Waals surface area contributed by atoms with Crippen LogP contribution in [0.2, 0.25) is 0 Å². The van der Waals surface area contributed by atoms with Crippen LogP contribution in [0.3, 0.4) is 0 Å². The molecule has 24 heavy (non-hydrogen) atoms. The summed E-state index contributed by atoms with van der Waals surface area (Å²) >= 11 is 1.48. The maximum atomic E-state index is 12.2. The number of hydrogen-bond donors (Lipinski definition) is 1. The van der Waals surface area contributed by atoms with Crippen LogP contribution in [0.25, 0.3) is 4.96 Å². The summed E-state index contributed by atoms with van der Waals surface area (Å²) in [7, 11) is 0. The first-order valence-corrected chi connectivity index (χ1v) is 9.22. The Morgan fingerprint density at radius 2 is 2.17 bits per heavy atom. The summed E-state index contributed by atoms with van der Waals surface area (Å²) < 4.78 is 1.40. The molecule has 0 atom stereocenters. The first-order chi connectivity index (χ1) is 11.5. The number of nitrogens with zero attached hydrogens (tertiary/aromatic N) is 4. The van der Waals surface area contributed by atoms with Gasteiger partial charge in [-0.1, -0.05) is 18.3 Å². The molecule has 1 aliphatic rings. The average molecular weight is 349 g/mol. The predicted molar refractivity (Wildman–Crippen MR) is 93.2 cm³/mol. The molecule has 1 aliphatic heterocycles. The van der Waals surface area contributed by atoms with E-state index in [1.54, 1.807) is 13.0 Å². The Labute approximate surface area is 144 Å². The second-order valence-electron chi connectivity index (χ2n) is 6.29. The van der Waals surface area contributed by atoms with Gasteiger partial charge in [0.05, 0.1) is 5.69 Å². The van der Waals surface area contributed by atoms with Gasteiger partial charge in [0, 0.05) is 26.1 Å². The van der Waals surface area contributed by atoms with Crippen LogP contribution >= 0.6 is 11.3 Å². The molecule has 1 fully saturated rings. The Morgan fingerprint density at radius 1 is 1.42 bits per heavy atom. The number of nitrogens with one attached hydrogen (secondary N) is 1.